The van der Waals surface area contributed by atoms with Gasteiger partial charge < -0.3 is 10.2 Å². The molecule has 0 amide bonds. The molecule has 0 heterocycles. The average Bonchev–Trinajstić information content (AvgIpc) is 2.17. The molecule has 0 aliphatic carbocycles. The summed E-state index contributed by atoms with van der Waals surface area (Å²) in [7, 11) is -4.02. The minimum atomic E-state index is -4.02. The summed E-state index contributed by atoms with van der Waals surface area (Å²) in [5, 5.41) is 16.5. The molecule has 1 aromatic carbocycles. The molecule has 0 spiro atoms. The van der Waals surface area contributed by atoms with Crippen LogP contribution in [0.3, 0.4) is 0 Å². The van der Waals surface area contributed by atoms with E-state index in [2.05, 4.69) is 0 Å². The monoisotopic (exact) mass is 262 g/mol. The van der Waals surface area contributed by atoms with E-state index in [1.807, 2.05) is 6.92 Å². The molecule has 0 bridgehead atoms. The molecule has 6 heteroatoms. The van der Waals surface area contributed by atoms with Crippen molar-refractivity contribution < 1.29 is 23.2 Å². The van der Waals surface area contributed by atoms with Crippen molar-refractivity contribution in [2.24, 2.45) is 0 Å². The molecular formula is C11H18O5S. The summed E-state index contributed by atoms with van der Waals surface area (Å²) < 4.78 is 29.6. The van der Waals surface area contributed by atoms with Gasteiger partial charge in [-0.05, 0) is 32.4 Å². The fraction of sp³-hybridized carbons (Fsp3) is 0.455. The van der Waals surface area contributed by atoms with E-state index in [9.17, 15) is 8.42 Å². The lowest BCUT2D eigenvalue weighted by Crippen LogP contribution is -2.00. The van der Waals surface area contributed by atoms with E-state index in [1.54, 1.807) is 19.1 Å². The fourth-order valence-electron chi connectivity index (χ4n) is 0.897. The molecule has 1 unspecified atom stereocenters. The van der Waals surface area contributed by atoms with Gasteiger partial charge in [-0.1, -0.05) is 17.7 Å². The SMILES string of the molecule is CC(O)CCO.Cc1ccc(S(=O)(=O)O)cc1. The number of hydrogen-bond acceptors (Lipinski definition) is 4. The lowest BCUT2D eigenvalue weighted by molar-refractivity contribution is 0.148. The van der Waals surface area contributed by atoms with Gasteiger partial charge >= 0.3 is 0 Å². The quantitative estimate of drug-likeness (QED) is 0.706. The highest BCUT2D eigenvalue weighted by molar-refractivity contribution is 7.85. The van der Waals surface area contributed by atoms with Crippen molar-refractivity contribution in [1.29, 1.82) is 0 Å². The first-order chi connectivity index (χ1) is 7.77. The second-order valence-electron chi connectivity index (χ2n) is 3.65. The molecule has 98 valence electrons. The van der Waals surface area contributed by atoms with Crippen LogP contribution >= 0.6 is 0 Å². The minimum absolute atomic E-state index is 0.0666. The van der Waals surface area contributed by atoms with E-state index in [1.165, 1.54) is 12.1 Å². The van der Waals surface area contributed by atoms with Crippen molar-refractivity contribution in [2.75, 3.05) is 6.61 Å². The van der Waals surface area contributed by atoms with E-state index in [-0.39, 0.29) is 17.6 Å². The third-order valence-corrected chi connectivity index (χ3v) is 2.73. The number of rotatable bonds is 3. The highest BCUT2D eigenvalue weighted by atomic mass is 32.2. The lowest BCUT2D eigenvalue weighted by Gasteiger charge is -1.95. The van der Waals surface area contributed by atoms with Crippen molar-refractivity contribution in [3.63, 3.8) is 0 Å². The van der Waals surface area contributed by atoms with E-state index in [0.29, 0.717) is 6.42 Å². The zero-order valence-corrected chi connectivity index (χ0v) is 10.7. The summed E-state index contributed by atoms with van der Waals surface area (Å²) in [5.74, 6) is 0. The predicted octanol–water partition coefficient (Wildman–Crippen LogP) is 0.991. The van der Waals surface area contributed by atoms with Crippen LogP contribution in [0.4, 0.5) is 0 Å². The summed E-state index contributed by atoms with van der Waals surface area (Å²) in [6.45, 7) is 3.57. The first-order valence-corrected chi connectivity index (χ1v) is 6.54. The van der Waals surface area contributed by atoms with Gasteiger partial charge in [0.2, 0.25) is 0 Å². The zero-order chi connectivity index (χ0) is 13.5. The minimum Gasteiger partial charge on any atom is -0.396 e. The zero-order valence-electron chi connectivity index (χ0n) is 9.87. The van der Waals surface area contributed by atoms with Crippen LogP contribution in [0.5, 0.6) is 0 Å². The summed E-state index contributed by atoms with van der Waals surface area (Å²) in [6, 6.07) is 5.99. The third-order valence-electron chi connectivity index (χ3n) is 1.87. The summed E-state index contributed by atoms with van der Waals surface area (Å²) in [6.07, 6.45) is 0.134. The van der Waals surface area contributed by atoms with Crippen LogP contribution in [0, 0.1) is 6.92 Å². The van der Waals surface area contributed by atoms with Gasteiger partial charge in [-0.3, -0.25) is 4.55 Å². The Kier molecular flexibility index (Phi) is 6.98. The van der Waals surface area contributed by atoms with Crippen LogP contribution in [0.15, 0.2) is 29.2 Å². The van der Waals surface area contributed by atoms with Gasteiger partial charge in [0.05, 0.1) is 11.0 Å². The highest BCUT2D eigenvalue weighted by Crippen LogP contribution is 2.08. The van der Waals surface area contributed by atoms with E-state index in [4.69, 9.17) is 14.8 Å². The molecule has 1 atom stereocenters. The van der Waals surface area contributed by atoms with Crippen LogP contribution in [0.1, 0.15) is 18.9 Å². The molecule has 0 aromatic heterocycles. The number of benzene rings is 1. The molecule has 1 aromatic rings. The highest BCUT2D eigenvalue weighted by Gasteiger charge is 2.06. The molecule has 0 aliphatic heterocycles. The molecule has 0 fully saturated rings. The Bertz CT molecular complexity index is 408. The third kappa shape index (κ3) is 7.87. The molecular weight excluding hydrogens is 244 g/mol. The van der Waals surface area contributed by atoms with E-state index < -0.39 is 10.1 Å². The maximum atomic E-state index is 10.5. The molecule has 5 nitrogen and oxygen atoms in total. The Labute approximate surface area is 101 Å². The van der Waals surface area contributed by atoms with Gasteiger partial charge in [0.25, 0.3) is 10.1 Å². The summed E-state index contributed by atoms with van der Waals surface area (Å²) >= 11 is 0. The standard InChI is InChI=1S/C7H8O3S.C4H10O2/c1-6-2-4-7(5-3-6)11(8,9)10;1-4(6)2-3-5/h2-5H,1H3,(H,8,9,10);4-6H,2-3H2,1H3. The molecule has 3 N–H and O–H groups in total. The van der Waals surface area contributed by atoms with Gasteiger partial charge in [-0.25, -0.2) is 0 Å². The molecule has 0 saturated carbocycles. The first kappa shape index (κ1) is 16.1. The van der Waals surface area contributed by atoms with Gasteiger partial charge in [-0.2, -0.15) is 8.42 Å². The Hall–Kier alpha value is -0.950. The Morgan fingerprint density at radius 2 is 1.71 bits per heavy atom. The normalized spacial score (nSPS) is 12.5. The van der Waals surface area contributed by atoms with Crippen LogP contribution in [-0.2, 0) is 10.1 Å². The maximum Gasteiger partial charge on any atom is 0.294 e. The van der Waals surface area contributed by atoms with Crippen molar-refractivity contribution in [1.82, 2.24) is 0 Å². The largest absolute Gasteiger partial charge is 0.396 e. The van der Waals surface area contributed by atoms with Gasteiger partial charge in [0, 0.05) is 6.61 Å². The molecule has 1 rings (SSSR count). The van der Waals surface area contributed by atoms with E-state index >= 15 is 0 Å². The number of aryl methyl sites for hydroxylation is 1. The predicted molar refractivity (Wildman–Crippen MR) is 64.4 cm³/mol. The summed E-state index contributed by atoms with van der Waals surface area (Å²) in [4.78, 5) is -0.0666. The summed E-state index contributed by atoms with van der Waals surface area (Å²) in [5.41, 5.74) is 0.956. The van der Waals surface area contributed by atoms with Crippen molar-refractivity contribution >= 4 is 10.1 Å². The van der Waals surface area contributed by atoms with Crippen LogP contribution in [0.2, 0.25) is 0 Å². The fourth-order valence-corrected chi connectivity index (χ4v) is 1.38. The Balaban J connectivity index is 0.000000366. The maximum absolute atomic E-state index is 10.5. The van der Waals surface area contributed by atoms with E-state index in [0.717, 1.165) is 5.56 Å². The Morgan fingerprint density at radius 1 is 1.24 bits per heavy atom. The molecule has 0 radical (unpaired) electrons. The number of aliphatic hydroxyl groups excluding tert-OH is 2. The van der Waals surface area contributed by atoms with Gasteiger partial charge in [0.1, 0.15) is 0 Å². The van der Waals surface area contributed by atoms with Crippen LogP contribution in [0.25, 0.3) is 0 Å². The molecule has 17 heavy (non-hydrogen) atoms. The second-order valence-corrected chi connectivity index (χ2v) is 5.07. The number of aliphatic hydroxyl groups is 2. The first-order valence-electron chi connectivity index (χ1n) is 5.10. The second kappa shape index (κ2) is 7.39. The van der Waals surface area contributed by atoms with Crippen LogP contribution < -0.4 is 0 Å². The molecule has 0 saturated heterocycles. The topological polar surface area (TPSA) is 94.8 Å². The smallest absolute Gasteiger partial charge is 0.294 e. The van der Waals surface area contributed by atoms with Crippen molar-refractivity contribution in [3.05, 3.63) is 29.8 Å². The molecule has 0 aliphatic rings. The van der Waals surface area contributed by atoms with Crippen LogP contribution in [-0.4, -0.2) is 35.9 Å². The van der Waals surface area contributed by atoms with Gasteiger partial charge in [0.15, 0.2) is 0 Å². The average molecular weight is 262 g/mol. The lowest BCUT2D eigenvalue weighted by atomic mass is 10.2. The van der Waals surface area contributed by atoms with Crippen molar-refractivity contribution in [2.45, 2.75) is 31.3 Å². The Morgan fingerprint density at radius 3 is 1.94 bits per heavy atom. The van der Waals surface area contributed by atoms with Crippen molar-refractivity contribution in [3.8, 4) is 0 Å². The number of hydrogen-bond donors (Lipinski definition) is 3. The van der Waals surface area contributed by atoms with Gasteiger partial charge in [-0.15, -0.1) is 0 Å².